The van der Waals surface area contributed by atoms with Gasteiger partial charge in [0.1, 0.15) is 6.10 Å². The molecule has 3 aromatic rings. The second-order valence-corrected chi connectivity index (χ2v) is 7.43. The molecule has 1 atom stereocenters. The van der Waals surface area contributed by atoms with E-state index in [-0.39, 0.29) is 11.1 Å². The molecular weight excluding hydrogens is 446 g/mol. The highest BCUT2D eigenvalue weighted by atomic mass is 35.5. The van der Waals surface area contributed by atoms with Crippen molar-refractivity contribution in [3.63, 3.8) is 0 Å². The lowest BCUT2D eigenvalue weighted by atomic mass is 10.0. The number of aromatic nitrogens is 1. The number of pyridine rings is 1. The van der Waals surface area contributed by atoms with Gasteiger partial charge in [0, 0.05) is 29.1 Å². The van der Waals surface area contributed by atoms with E-state index in [1.807, 2.05) is 0 Å². The zero-order valence-electron chi connectivity index (χ0n) is 16.0. The minimum absolute atomic E-state index is 0.0171. The first-order valence-corrected chi connectivity index (χ1v) is 10.4. The average molecular weight is 462 g/mol. The van der Waals surface area contributed by atoms with Gasteiger partial charge < -0.3 is 5.32 Å². The Balaban J connectivity index is 1.88. The fourth-order valence-electron chi connectivity index (χ4n) is 2.90. The number of nitrogens with zero attached hydrogens (tertiary/aromatic N) is 2. The molecule has 0 spiro atoms. The first kappa shape index (κ1) is 22.3. The predicted octanol–water partition coefficient (Wildman–Crippen LogP) is 4.17. The van der Waals surface area contributed by atoms with E-state index in [4.69, 9.17) is 11.6 Å². The lowest BCUT2D eigenvalue weighted by molar-refractivity contribution is -0.386. The summed E-state index contributed by atoms with van der Waals surface area (Å²) in [6.45, 7) is 1.36. The van der Waals surface area contributed by atoms with Gasteiger partial charge >= 0.3 is 0 Å². The highest BCUT2D eigenvalue weighted by molar-refractivity contribution is 7.67. The summed E-state index contributed by atoms with van der Waals surface area (Å²) in [4.78, 5) is 27.6. The summed E-state index contributed by atoms with van der Waals surface area (Å²) in [5, 5.41) is 14.5. The van der Waals surface area contributed by atoms with Gasteiger partial charge in [-0.2, -0.15) is 0 Å². The first-order chi connectivity index (χ1) is 14.8. The maximum Gasteiger partial charge on any atom is 0.276 e. The number of halogens is 1. The number of amides is 1. The van der Waals surface area contributed by atoms with Gasteiger partial charge in [0.25, 0.3) is 22.6 Å². The van der Waals surface area contributed by atoms with Crippen molar-refractivity contribution >= 4 is 39.9 Å². The maximum atomic E-state index is 12.7. The van der Waals surface area contributed by atoms with Crippen molar-refractivity contribution in [2.75, 3.05) is 5.32 Å². The fraction of sp³-hybridized carbons (Fsp3) is 0.100. The van der Waals surface area contributed by atoms with Crippen molar-refractivity contribution in [3.05, 3.63) is 87.1 Å². The van der Waals surface area contributed by atoms with Crippen LogP contribution in [0, 0.1) is 10.1 Å². The summed E-state index contributed by atoms with van der Waals surface area (Å²) in [7, 11) is -3.19. The van der Waals surface area contributed by atoms with Crippen LogP contribution in [0.1, 0.15) is 28.9 Å². The lowest BCUT2D eigenvalue weighted by Gasteiger charge is -2.12. The maximum absolute atomic E-state index is 12.7. The molecule has 11 heteroatoms. The van der Waals surface area contributed by atoms with Crippen LogP contribution >= 0.6 is 11.6 Å². The number of nitro groups is 1. The third kappa shape index (κ3) is 5.43. The predicted molar refractivity (Wildman–Crippen MR) is 116 cm³/mol. The molecule has 0 aliphatic carbocycles. The third-order valence-corrected chi connectivity index (χ3v) is 5.15. The molecule has 31 heavy (non-hydrogen) atoms. The zero-order valence-corrected chi connectivity index (χ0v) is 17.7. The number of carbonyl (C=O) groups is 1. The standard InChI is InChI=1S/C20H16ClN3O6S/c1-12(30-31(28)29)15-7-5-13(10-19(15)24(26)27)20(25)23-14-6-8-17(21)16(11-14)18-4-2-3-9-22-18/h2-12,31H,1H3,(H,23,25). The van der Waals surface area contributed by atoms with Crippen LogP contribution in [-0.2, 0) is 15.2 Å². The van der Waals surface area contributed by atoms with Crippen molar-refractivity contribution in [1.29, 1.82) is 0 Å². The molecule has 9 nitrogen and oxygen atoms in total. The van der Waals surface area contributed by atoms with E-state index in [0.717, 1.165) is 6.07 Å². The van der Waals surface area contributed by atoms with Gasteiger partial charge in [0.2, 0.25) is 0 Å². The topological polar surface area (TPSA) is 128 Å². The SMILES string of the molecule is CC(O[SH](=O)=O)c1ccc(C(=O)Nc2ccc(Cl)c(-c3ccccn3)c2)cc1[N+](=O)[O-]. The monoisotopic (exact) mass is 461 g/mol. The Morgan fingerprint density at radius 1 is 1.19 bits per heavy atom. The minimum atomic E-state index is -3.19. The molecule has 3 rings (SSSR count). The first-order valence-electron chi connectivity index (χ1n) is 8.88. The Morgan fingerprint density at radius 2 is 1.97 bits per heavy atom. The number of rotatable bonds is 7. The summed E-state index contributed by atoms with van der Waals surface area (Å²) in [5.41, 5.74) is 1.27. The van der Waals surface area contributed by atoms with Crippen LogP contribution in [0.3, 0.4) is 0 Å². The largest absolute Gasteiger partial charge is 0.322 e. The molecule has 160 valence electrons. The number of nitro benzene ring substituents is 1. The van der Waals surface area contributed by atoms with Crippen molar-refractivity contribution in [3.8, 4) is 11.3 Å². The van der Waals surface area contributed by atoms with Crippen LogP contribution in [0.2, 0.25) is 5.02 Å². The zero-order chi connectivity index (χ0) is 22.5. The van der Waals surface area contributed by atoms with Crippen molar-refractivity contribution in [1.82, 2.24) is 4.98 Å². The van der Waals surface area contributed by atoms with Gasteiger partial charge in [-0.1, -0.05) is 17.7 Å². The molecular formula is C20H16ClN3O6S. The summed E-state index contributed by atoms with van der Waals surface area (Å²) < 4.78 is 26.1. The molecule has 0 bridgehead atoms. The summed E-state index contributed by atoms with van der Waals surface area (Å²) in [6.07, 6.45) is 0.543. The van der Waals surface area contributed by atoms with Crippen LogP contribution in [0.5, 0.6) is 0 Å². The second-order valence-electron chi connectivity index (χ2n) is 6.37. The summed E-state index contributed by atoms with van der Waals surface area (Å²) in [6, 6.07) is 13.9. The Labute approximate surface area is 184 Å². The lowest BCUT2D eigenvalue weighted by Crippen LogP contribution is -2.13. The highest BCUT2D eigenvalue weighted by Crippen LogP contribution is 2.31. The smallest absolute Gasteiger partial charge is 0.276 e. The quantitative estimate of drug-likeness (QED) is 0.307. The van der Waals surface area contributed by atoms with Crippen LogP contribution < -0.4 is 5.32 Å². The van der Waals surface area contributed by atoms with E-state index >= 15 is 0 Å². The van der Waals surface area contributed by atoms with Gasteiger partial charge in [-0.15, -0.1) is 0 Å². The van der Waals surface area contributed by atoms with Crippen molar-refractivity contribution in [2.45, 2.75) is 13.0 Å². The van der Waals surface area contributed by atoms with E-state index in [1.54, 1.807) is 42.6 Å². The summed E-state index contributed by atoms with van der Waals surface area (Å²) >= 11 is 6.24. The second kappa shape index (κ2) is 9.65. The van der Waals surface area contributed by atoms with E-state index in [2.05, 4.69) is 14.5 Å². The molecule has 1 aromatic heterocycles. The van der Waals surface area contributed by atoms with Gasteiger partial charge in [0.15, 0.2) is 0 Å². The van der Waals surface area contributed by atoms with Crippen LogP contribution in [0.25, 0.3) is 11.3 Å². The fourth-order valence-corrected chi connectivity index (χ4v) is 3.48. The molecule has 1 N–H and O–H groups in total. The molecule has 0 saturated heterocycles. The molecule has 1 unspecified atom stereocenters. The summed E-state index contributed by atoms with van der Waals surface area (Å²) in [5.74, 6) is -0.590. The Hall–Kier alpha value is -3.34. The minimum Gasteiger partial charge on any atom is -0.322 e. The molecule has 0 fully saturated rings. The number of carbonyl (C=O) groups excluding carboxylic acids is 1. The number of anilines is 1. The van der Waals surface area contributed by atoms with Crippen molar-refractivity contribution < 1.29 is 22.3 Å². The van der Waals surface area contributed by atoms with Gasteiger partial charge in [-0.05, 0) is 49.4 Å². The van der Waals surface area contributed by atoms with Crippen LogP contribution in [-0.4, -0.2) is 24.2 Å². The van der Waals surface area contributed by atoms with Crippen LogP contribution in [0.15, 0.2) is 60.8 Å². The Bertz CT molecular complexity index is 1210. The van der Waals surface area contributed by atoms with E-state index in [1.165, 1.54) is 19.1 Å². The number of thiol groups is 1. The average Bonchev–Trinajstić information content (AvgIpc) is 2.74. The van der Waals surface area contributed by atoms with E-state index in [0.29, 0.717) is 22.0 Å². The molecule has 0 saturated carbocycles. The van der Waals surface area contributed by atoms with E-state index in [9.17, 15) is 23.3 Å². The highest BCUT2D eigenvalue weighted by Gasteiger charge is 2.23. The van der Waals surface area contributed by atoms with Gasteiger partial charge in [0.05, 0.1) is 21.2 Å². The molecule has 1 heterocycles. The molecule has 0 aliphatic heterocycles. The van der Waals surface area contributed by atoms with Gasteiger partial charge in [-0.3, -0.25) is 24.1 Å². The molecule has 0 radical (unpaired) electrons. The number of hydrogen-bond donors (Lipinski definition) is 2. The molecule has 0 aliphatic rings. The van der Waals surface area contributed by atoms with Gasteiger partial charge in [-0.25, -0.2) is 8.42 Å². The van der Waals surface area contributed by atoms with Crippen molar-refractivity contribution in [2.24, 2.45) is 0 Å². The number of hydrogen-bond acceptors (Lipinski definition) is 7. The number of nitrogens with one attached hydrogen (secondary N) is 1. The normalized spacial score (nSPS) is 11.8. The van der Waals surface area contributed by atoms with E-state index < -0.39 is 33.6 Å². The number of benzene rings is 2. The third-order valence-electron chi connectivity index (χ3n) is 4.34. The Morgan fingerprint density at radius 3 is 2.61 bits per heavy atom. The molecule has 2 aromatic carbocycles. The van der Waals surface area contributed by atoms with Crippen LogP contribution in [0.4, 0.5) is 11.4 Å². The Kier molecular flexibility index (Phi) is 6.95. The molecule has 1 amide bonds.